The summed E-state index contributed by atoms with van der Waals surface area (Å²) in [5.74, 6) is -1.07. The number of benzene rings is 1. The van der Waals surface area contributed by atoms with Crippen LogP contribution in [0.4, 0.5) is 0 Å². The van der Waals surface area contributed by atoms with E-state index in [9.17, 15) is 9.59 Å². The molecule has 0 bridgehead atoms. The minimum atomic E-state index is -1.14. The zero-order chi connectivity index (χ0) is 14.6. The Morgan fingerprint density at radius 2 is 1.95 bits per heavy atom. The van der Waals surface area contributed by atoms with Crippen molar-refractivity contribution >= 4 is 11.9 Å². The predicted octanol–water partition coefficient (Wildman–Crippen LogP) is 1.25. The van der Waals surface area contributed by atoms with Crippen LogP contribution in [-0.2, 0) is 4.79 Å². The van der Waals surface area contributed by atoms with Crippen LogP contribution in [0.1, 0.15) is 17.3 Å². The van der Waals surface area contributed by atoms with Crippen molar-refractivity contribution in [1.82, 2.24) is 4.90 Å². The maximum Gasteiger partial charge on any atom is 0.339 e. The molecule has 1 unspecified atom stereocenters. The molecule has 0 aliphatic heterocycles. The van der Waals surface area contributed by atoms with Crippen molar-refractivity contribution in [2.24, 2.45) is 0 Å². The average molecular weight is 267 g/mol. The molecule has 0 heterocycles. The summed E-state index contributed by atoms with van der Waals surface area (Å²) in [4.78, 5) is 24.3. The first-order valence-electron chi connectivity index (χ1n) is 5.66. The number of para-hydroxylation sites is 1. The highest BCUT2D eigenvalue weighted by Gasteiger charge is 2.22. The molecule has 0 fully saturated rings. The number of carboxylic acids is 1. The number of rotatable bonds is 5. The van der Waals surface area contributed by atoms with Crippen LogP contribution < -0.4 is 9.47 Å². The van der Waals surface area contributed by atoms with Crippen molar-refractivity contribution in [3.63, 3.8) is 0 Å². The molecule has 1 amide bonds. The van der Waals surface area contributed by atoms with Crippen LogP contribution in [0.15, 0.2) is 18.2 Å². The van der Waals surface area contributed by atoms with Gasteiger partial charge in [-0.2, -0.15) is 0 Å². The Labute approximate surface area is 111 Å². The Morgan fingerprint density at radius 3 is 2.42 bits per heavy atom. The molecule has 0 aliphatic rings. The van der Waals surface area contributed by atoms with Crippen molar-refractivity contribution in [1.29, 1.82) is 0 Å². The molecule has 0 aromatic heterocycles. The van der Waals surface area contributed by atoms with E-state index in [0.29, 0.717) is 0 Å². The van der Waals surface area contributed by atoms with E-state index in [1.165, 1.54) is 18.1 Å². The largest absolute Gasteiger partial charge is 0.493 e. The second-order valence-corrected chi connectivity index (χ2v) is 4.13. The third kappa shape index (κ3) is 3.37. The van der Waals surface area contributed by atoms with Gasteiger partial charge < -0.3 is 19.5 Å². The molecule has 0 saturated carbocycles. The van der Waals surface area contributed by atoms with Gasteiger partial charge in [0.25, 0.3) is 5.91 Å². The summed E-state index contributed by atoms with van der Waals surface area (Å²) in [6, 6.07) is 4.52. The molecule has 1 rings (SSSR count). The van der Waals surface area contributed by atoms with Crippen LogP contribution in [0.3, 0.4) is 0 Å². The molecule has 0 radical (unpaired) electrons. The molecule has 19 heavy (non-hydrogen) atoms. The molecule has 1 atom stereocenters. The number of ether oxygens (including phenoxy) is 2. The van der Waals surface area contributed by atoms with E-state index in [2.05, 4.69) is 0 Å². The monoisotopic (exact) mass is 267 g/mol. The van der Waals surface area contributed by atoms with Crippen LogP contribution in [0, 0.1) is 0 Å². The first-order valence-corrected chi connectivity index (χ1v) is 5.66. The van der Waals surface area contributed by atoms with Gasteiger partial charge in [-0.05, 0) is 19.1 Å². The molecular formula is C13H17NO5. The number of amides is 1. The van der Waals surface area contributed by atoms with Crippen molar-refractivity contribution < 1.29 is 24.2 Å². The van der Waals surface area contributed by atoms with Gasteiger partial charge in [-0.15, -0.1) is 0 Å². The third-order valence-corrected chi connectivity index (χ3v) is 2.51. The number of hydrogen-bond acceptors (Lipinski definition) is 4. The Morgan fingerprint density at radius 1 is 1.32 bits per heavy atom. The zero-order valence-electron chi connectivity index (χ0n) is 11.3. The maximum atomic E-state index is 11.7. The summed E-state index contributed by atoms with van der Waals surface area (Å²) < 4.78 is 10.5. The van der Waals surface area contributed by atoms with Crippen LogP contribution in [0.2, 0.25) is 0 Å². The first kappa shape index (κ1) is 14.8. The summed E-state index contributed by atoms with van der Waals surface area (Å²) in [5, 5.41) is 9.12. The van der Waals surface area contributed by atoms with E-state index in [-0.39, 0.29) is 23.0 Å². The zero-order valence-corrected chi connectivity index (χ0v) is 11.3. The van der Waals surface area contributed by atoms with E-state index < -0.39 is 12.1 Å². The van der Waals surface area contributed by atoms with Gasteiger partial charge in [0.2, 0.25) is 0 Å². The van der Waals surface area contributed by atoms with Gasteiger partial charge in [0.05, 0.1) is 7.11 Å². The van der Waals surface area contributed by atoms with Gasteiger partial charge in [0.15, 0.2) is 17.6 Å². The van der Waals surface area contributed by atoms with Crippen LogP contribution >= 0.6 is 0 Å². The normalized spacial score (nSPS) is 11.6. The van der Waals surface area contributed by atoms with Gasteiger partial charge in [-0.1, -0.05) is 6.07 Å². The lowest BCUT2D eigenvalue weighted by molar-refractivity contribution is -0.135. The Balaban J connectivity index is 3.11. The van der Waals surface area contributed by atoms with Crippen LogP contribution in [-0.4, -0.2) is 49.2 Å². The van der Waals surface area contributed by atoms with E-state index in [1.807, 2.05) is 0 Å². The second-order valence-electron chi connectivity index (χ2n) is 4.13. The molecular weight excluding hydrogens is 250 g/mol. The Bertz CT molecular complexity index is 484. The van der Waals surface area contributed by atoms with E-state index >= 15 is 0 Å². The number of nitrogens with zero attached hydrogens (tertiary/aromatic N) is 1. The lowest BCUT2D eigenvalue weighted by atomic mass is 10.2. The van der Waals surface area contributed by atoms with Crippen LogP contribution in [0.25, 0.3) is 0 Å². The molecule has 0 saturated heterocycles. The van der Waals surface area contributed by atoms with Crippen LogP contribution in [0.5, 0.6) is 11.5 Å². The summed E-state index contributed by atoms with van der Waals surface area (Å²) in [7, 11) is 4.61. The van der Waals surface area contributed by atoms with Gasteiger partial charge in [0.1, 0.15) is 5.56 Å². The number of methoxy groups -OCH3 is 1. The van der Waals surface area contributed by atoms with E-state index in [0.717, 1.165) is 0 Å². The Hall–Kier alpha value is -2.24. The fourth-order valence-electron chi connectivity index (χ4n) is 1.56. The minimum Gasteiger partial charge on any atom is -0.493 e. The fourth-order valence-corrected chi connectivity index (χ4v) is 1.56. The lowest BCUT2D eigenvalue weighted by Crippen LogP contribution is -2.35. The minimum absolute atomic E-state index is 0.0437. The predicted molar refractivity (Wildman–Crippen MR) is 68.7 cm³/mol. The maximum absolute atomic E-state index is 11.7. The summed E-state index contributed by atoms with van der Waals surface area (Å²) >= 11 is 0. The van der Waals surface area contributed by atoms with Crippen molar-refractivity contribution in [2.75, 3.05) is 21.2 Å². The molecule has 0 aliphatic carbocycles. The van der Waals surface area contributed by atoms with E-state index in [4.69, 9.17) is 14.6 Å². The number of aromatic carboxylic acids is 1. The molecule has 104 valence electrons. The number of carbonyl (C=O) groups excluding carboxylic acids is 1. The summed E-state index contributed by atoms with van der Waals surface area (Å²) in [5.41, 5.74) is -0.0437. The number of carbonyl (C=O) groups is 2. The average Bonchev–Trinajstić information content (AvgIpc) is 2.37. The first-order chi connectivity index (χ1) is 8.88. The van der Waals surface area contributed by atoms with Gasteiger partial charge in [-0.3, -0.25) is 4.79 Å². The smallest absolute Gasteiger partial charge is 0.339 e. The molecule has 6 heteroatoms. The topological polar surface area (TPSA) is 76.1 Å². The number of hydrogen-bond donors (Lipinski definition) is 1. The molecule has 1 aromatic rings. The number of carboxylic acid groups (broad SMARTS) is 1. The second kappa shape index (κ2) is 6.08. The highest BCUT2D eigenvalue weighted by Crippen LogP contribution is 2.32. The third-order valence-electron chi connectivity index (χ3n) is 2.51. The van der Waals surface area contributed by atoms with Crippen molar-refractivity contribution in [2.45, 2.75) is 13.0 Å². The summed E-state index contributed by atoms with van der Waals surface area (Å²) in [6.07, 6.45) is -0.801. The summed E-state index contributed by atoms with van der Waals surface area (Å²) in [6.45, 7) is 1.56. The standard InChI is InChI=1S/C13H17NO5/c1-8(12(15)14(2)3)19-11-9(13(16)17)6-5-7-10(11)18-4/h5-8H,1-4H3,(H,16,17). The molecule has 0 spiro atoms. The van der Waals surface area contributed by atoms with E-state index in [1.54, 1.807) is 33.2 Å². The molecule has 6 nitrogen and oxygen atoms in total. The van der Waals surface area contributed by atoms with Gasteiger partial charge in [-0.25, -0.2) is 4.79 Å². The highest BCUT2D eigenvalue weighted by atomic mass is 16.5. The van der Waals surface area contributed by atoms with Crippen molar-refractivity contribution in [3.05, 3.63) is 23.8 Å². The fraction of sp³-hybridized carbons (Fsp3) is 0.385. The SMILES string of the molecule is COc1cccc(C(=O)O)c1OC(C)C(=O)N(C)C. The Kier molecular flexibility index (Phi) is 4.74. The quantitative estimate of drug-likeness (QED) is 0.868. The van der Waals surface area contributed by atoms with Gasteiger partial charge in [0, 0.05) is 14.1 Å². The molecule has 1 aromatic carbocycles. The number of likely N-dealkylation sites (N-methyl/N-ethyl adjacent to an activating group) is 1. The highest BCUT2D eigenvalue weighted by molar-refractivity contribution is 5.92. The molecule has 1 N–H and O–H groups in total. The van der Waals surface area contributed by atoms with Gasteiger partial charge >= 0.3 is 5.97 Å². The lowest BCUT2D eigenvalue weighted by Gasteiger charge is -2.20. The van der Waals surface area contributed by atoms with Crippen molar-refractivity contribution in [3.8, 4) is 11.5 Å².